The largest absolute Gasteiger partial charge is 0.391 e. The molecule has 0 fully saturated rings. The van der Waals surface area contributed by atoms with E-state index in [1.54, 1.807) is 62.3 Å². The van der Waals surface area contributed by atoms with Crippen molar-refractivity contribution >= 4 is 0 Å². The average molecular weight is 239 g/mol. The number of hydrogen-bond donors (Lipinski definition) is 4. The van der Waals surface area contributed by atoms with Gasteiger partial charge >= 0.3 is 0 Å². The van der Waals surface area contributed by atoms with Crippen LogP contribution in [0.25, 0.3) is 0 Å². The minimum atomic E-state index is -0.500. The Morgan fingerprint density at radius 2 is 0.438 bits per heavy atom. The molecular formula is C12H33NO3. The standard InChI is InChI=1S/3C4H10O.H3N/c3*1-4(2,3)5;/h3*5H,1-3H3;1H3. The normalized spacial score (nSPS) is 11.2. The van der Waals surface area contributed by atoms with Gasteiger partial charge in [0.1, 0.15) is 0 Å². The Kier molecular flexibility index (Phi) is 13.9. The first-order valence-electron chi connectivity index (χ1n) is 5.17. The minimum Gasteiger partial charge on any atom is -0.391 e. The molecule has 4 heteroatoms. The maximum absolute atomic E-state index is 8.52. The van der Waals surface area contributed by atoms with Crippen molar-refractivity contribution in [2.24, 2.45) is 0 Å². The number of aliphatic hydroxyl groups is 3. The summed E-state index contributed by atoms with van der Waals surface area (Å²) in [5, 5.41) is 25.6. The molecule has 0 aliphatic heterocycles. The smallest absolute Gasteiger partial charge is 0.0563 e. The molecule has 0 atom stereocenters. The van der Waals surface area contributed by atoms with Gasteiger partial charge in [-0.25, -0.2) is 0 Å². The lowest BCUT2D eigenvalue weighted by atomic mass is 10.2. The third-order valence-electron chi connectivity index (χ3n) is 0. The fourth-order valence-corrected chi connectivity index (χ4v) is 0. The second kappa shape index (κ2) is 8.93. The van der Waals surface area contributed by atoms with E-state index in [1.807, 2.05) is 0 Å². The summed E-state index contributed by atoms with van der Waals surface area (Å²) in [5.74, 6) is 0. The van der Waals surface area contributed by atoms with E-state index in [0.717, 1.165) is 0 Å². The lowest BCUT2D eigenvalue weighted by Crippen LogP contribution is -2.10. The molecule has 0 heterocycles. The molecular weight excluding hydrogens is 206 g/mol. The van der Waals surface area contributed by atoms with Gasteiger partial charge in [-0.3, -0.25) is 0 Å². The average Bonchev–Trinajstić information content (AvgIpc) is 1.41. The van der Waals surface area contributed by atoms with Crippen LogP contribution in [0.1, 0.15) is 62.3 Å². The van der Waals surface area contributed by atoms with E-state index >= 15 is 0 Å². The molecule has 0 saturated heterocycles. The van der Waals surface area contributed by atoms with E-state index in [1.165, 1.54) is 0 Å². The molecule has 0 aromatic rings. The third-order valence-corrected chi connectivity index (χ3v) is 0. The van der Waals surface area contributed by atoms with Crippen molar-refractivity contribution in [3.63, 3.8) is 0 Å². The van der Waals surface area contributed by atoms with Crippen LogP contribution in [0.15, 0.2) is 0 Å². The molecule has 0 amide bonds. The van der Waals surface area contributed by atoms with Crippen LogP contribution >= 0.6 is 0 Å². The third kappa shape index (κ3) is 89100. The molecule has 0 aromatic carbocycles. The van der Waals surface area contributed by atoms with E-state index in [0.29, 0.717) is 0 Å². The molecule has 0 unspecified atom stereocenters. The highest BCUT2D eigenvalue weighted by molar-refractivity contribution is 4.51. The molecule has 0 radical (unpaired) electrons. The van der Waals surface area contributed by atoms with Crippen molar-refractivity contribution < 1.29 is 15.3 Å². The summed E-state index contributed by atoms with van der Waals surface area (Å²) in [6, 6.07) is 0. The molecule has 104 valence electrons. The highest BCUT2D eigenvalue weighted by Crippen LogP contribution is 1.94. The molecule has 0 aliphatic rings. The van der Waals surface area contributed by atoms with Gasteiger partial charge in [0.25, 0.3) is 0 Å². The van der Waals surface area contributed by atoms with Crippen LogP contribution in [-0.2, 0) is 0 Å². The first-order valence-corrected chi connectivity index (χ1v) is 5.17. The van der Waals surface area contributed by atoms with Crippen LogP contribution in [0, 0.1) is 0 Å². The van der Waals surface area contributed by atoms with Gasteiger partial charge in [-0.05, 0) is 62.3 Å². The lowest BCUT2D eigenvalue weighted by molar-refractivity contribution is 0.101. The summed E-state index contributed by atoms with van der Waals surface area (Å²) in [6.45, 7) is 15.7. The summed E-state index contributed by atoms with van der Waals surface area (Å²) >= 11 is 0. The predicted octanol–water partition coefficient (Wildman–Crippen LogP) is 2.49. The Labute approximate surface area is 101 Å². The van der Waals surface area contributed by atoms with Crippen LogP contribution in [0.3, 0.4) is 0 Å². The van der Waals surface area contributed by atoms with Gasteiger partial charge in [-0.1, -0.05) is 0 Å². The predicted molar refractivity (Wildman–Crippen MR) is 70.9 cm³/mol. The zero-order valence-corrected chi connectivity index (χ0v) is 12.5. The summed E-state index contributed by atoms with van der Waals surface area (Å²) in [4.78, 5) is 0. The number of rotatable bonds is 0. The second-order valence-corrected chi connectivity index (χ2v) is 6.51. The monoisotopic (exact) mass is 239 g/mol. The Hall–Kier alpha value is -0.160. The highest BCUT2D eigenvalue weighted by atomic mass is 16.3. The maximum Gasteiger partial charge on any atom is 0.0563 e. The molecule has 0 saturated carbocycles. The van der Waals surface area contributed by atoms with Crippen LogP contribution in [-0.4, -0.2) is 32.1 Å². The van der Waals surface area contributed by atoms with E-state index in [-0.39, 0.29) is 6.15 Å². The van der Waals surface area contributed by atoms with Gasteiger partial charge in [-0.2, -0.15) is 0 Å². The molecule has 16 heavy (non-hydrogen) atoms. The van der Waals surface area contributed by atoms with Crippen molar-refractivity contribution in [1.82, 2.24) is 6.15 Å². The van der Waals surface area contributed by atoms with Gasteiger partial charge in [0.15, 0.2) is 0 Å². The Balaban J connectivity index is -0.0000000655. The minimum absolute atomic E-state index is 0. The molecule has 0 aliphatic carbocycles. The van der Waals surface area contributed by atoms with Crippen molar-refractivity contribution in [1.29, 1.82) is 0 Å². The van der Waals surface area contributed by atoms with Gasteiger partial charge < -0.3 is 21.5 Å². The fourth-order valence-electron chi connectivity index (χ4n) is 0. The van der Waals surface area contributed by atoms with Crippen molar-refractivity contribution in [2.45, 2.75) is 79.1 Å². The molecule has 6 N–H and O–H groups in total. The zero-order chi connectivity index (χ0) is 13.5. The van der Waals surface area contributed by atoms with Crippen molar-refractivity contribution in [2.75, 3.05) is 0 Å². The van der Waals surface area contributed by atoms with Crippen molar-refractivity contribution in [3.05, 3.63) is 0 Å². The Morgan fingerprint density at radius 1 is 0.438 bits per heavy atom. The molecule has 0 aromatic heterocycles. The summed E-state index contributed by atoms with van der Waals surface area (Å²) in [5.41, 5.74) is -1.50. The lowest BCUT2D eigenvalue weighted by Gasteiger charge is -2.04. The number of hydrogen-bond acceptors (Lipinski definition) is 4. The van der Waals surface area contributed by atoms with Crippen LogP contribution in [0.5, 0.6) is 0 Å². The summed E-state index contributed by atoms with van der Waals surface area (Å²) in [6.07, 6.45) is 0. The zero-order valence-electron chi connectivity index (χ0n) is 12.5. The Bertz CT molecular complexity index is 91.3. The fraction of sp³-hybridized carbons (Fsp3) is 1.00. The molecule has 0 rings (SSSR count). The molecule has 4 nitrogen and oxygen atoms in total. The highest BCUT2D eigenvalue weighted by Gasteiger charge is 1.98. The van der Waals surface area contributed by atoms with Crippen molar-refractivity contribution in [3.8, 4) is 0 Å². The quantitative estimate of drug-likeness (QED) is 0.522. The molecule has 0 bridgehead atoms. The SMILES string of the molecule is CC(C)(C)O.CC(C)(C)O.CC(C)(C)O.N. The van der Waals surface area contributed by atoms with E-state index < -0.39 is 16.8 Å². The van der Waals surface area contributed by atoms with Gasteiger partial charge in [-0.15, -0.1) is 0 Å². The first-order chi connectivity index (χ1) is 6.00. The van der Waals surface area contributed by atoms with Crippen LogP contribution < -0.4 is 6.15 Å². The van der Waals surface area contributed by atoms with Gasteiger partial charge in [0.05, 0.1) is 16.8 Å². The van der Waals surface area contributed by atoms with Crippen LogP contribution in [0.4, 0.5) is 0 Å². The second-order valence-electron chi connectivity index (χ2n) is 6.51. The molecule has 0 spiro atoms. The topological polar surface area (TPSA) is 95.7 Å². The van der Waals surface area contributed by atoms with E-state index in [2.05, 4.69) is 0 Å². The maximum atomic E-state index is 8.52. The Morgan fingerprint density at radius 3 is 0.438 bits per heavy atom. The van der Waals surface area contributed by atoms with Gasteiger partial charge in [0, 0.05) is 0 Å². The van der Waals surface area contributed by atoms with Gasteiger partial charge in [0.2, 0.25) is 0 Å². The summed E-state index contributed by atoms with van der Waals surface area (Å²) < 4.78 is 0. The first kappa shape index (κ1) is 24.9. The summed E-state index contributed by atoms with van der Waals surface area (Å²) in [7, 11) is 0. The van der Waals surface area contributed by atoms with E-state index in [9.17, 15) is 0 Å². The van der Waals surface area contributed by atoms with E-state index in [4.69, 9.17) is 15.3 Å². The van der Waals surface area contributed by atoms with Crippen LogP contribution in [0.2, 0.25) is 0 Å².